The SMILES string of the molecule is O=C(Cn1nc(C(F)F)c2c1C(F)(F)C1CC21)N[C@@H](Cc1cc(F)cc(F)c1)c1nc2cc(C3CCOCC3)ccc2c(=O)n1-c1ccc(Cl)c2c(NS(=O)(=O)C3CC3)nn(CC(F)F)c12. The summed E-state index contributed by atoms with van der Waals surface area (Å²) in [6.45, 7) is -1.24. The van der Waals surface area contributed by atoms with Crippen LogP contribution in [0, 0.1) is 17.6 Å². The highest BCUT2D eigenvalue weighted by Crippen LogP contribution is 2.68. The van der Waals surface area contributed by atoms with Crippen molar-refractivity contribution in [1.82, 2.24) is 34.4 Å². The first kappa shape index (κ1) is 44.2. The molecule has 348 valence electrons. The molecule has 0 radical (unpaired) electrons. The summed E-state index contributed by atoms with van der Waals surface area (Å²) in [7, 11) is -4.07. The van der Waals surface area contributed by atoms with E-state index in [4.69, 9.17) is 21.3 Å². The Morgan fingerprint density at radius 2 is 1.68 bits per heavy atom. The summed E-state index contributed by atoms with van der Waals surface area (Å²) >= 11 is 6.68. The summed E-state index contributed by atoms with van der Waals surface area (Å²) in [6.07, 6.45) is -4.96. The predicted octanol–water partition coefficient (Wildman–Crippen LogP) is 8.17. The van der Waals surface area contributed by atoms with Crippen molar-refractivity contribution in [2.45, 2.75) is 93.5 Å². The van der Waals surface area contributed by atoms with Crippen LogP contribution in [-0.2, 0) is 45.0 Å². The molecule has 3 aromatic heterocycles. The van der Waals surface area contributed by atoms with Gasteiger partial charge in [0.05, 0.1) is 43.8 Å². The number of benzene rings is 3. The molecular formula is C43H37ClF8N8O5S. The van der Waals surface area contributed by atoms with Crippen molar-refractivity contribution in [2.24, 2.45) is 5.92 Å². The number of nitrogens with one attached hydrogen (secondary N) is 2. The van der Waals surface area contributed by atoms with Gasteiger partial charge in [0.1, 0.15) is 41.9 Å². The van der Waals surface area contributed by atoms with E-state index in [0.29, 0.717) is 49.6 Å². The Balaban J connectivity index is 1.18. The number of anilines is 1. The van der Waals surface area contributed by atoms with Crippen LogP contribution in [-0.4, -0.2) is 68.3 Å². The van der Waals surface area contributed by atoms with E-state index in [2.05, 4.69) is 20.2 Å². The Kier molecular flexibility index (Phi) is 10.9. The highest BCUT2D eigenvalue weighted by atomic mass is 35.5. The van der Waals surface area contributed by atoms with Crippen molar-refractivity contribution in [3.63, 3.8) is 0 Å². The monoisotopic (exact) mass is 964 g/mol. The Morgan fingerprint density at radius 3 is 2.36 bits per heavy atom. The van der Waals surface area contributed by atoms with Gasteiger partial charge in [0.15, 0.2) is 5.82 Å². The lowest BCUT2D eigenvalue weighted by Crippen LogP contribution is -2.38. The molecule has 13 nitrogen and oxygen atoms in total. The molecule has 1 aliphatic heterocycles. The molecule has 10 rings (SSSR count). The first-order chi connectivity index (χ1) is 31.4. The molecule has 1 saturated heterocycles. The summed E-state index contributed by atoms with van der Waals surface area (Å²) in [6, 6.07) is 8.24. The maximum absolute atomic E-state index is 15.6. The third kappa shape index (κ3) is 7.86. The normalized spacial score (nSPS) is 19.7. The molecule has 2 unspecified atom stereocenters. The van der Waals surface area contributed by atoms with E-state index in [1.165, 1.54) is 18.2 Å². The number of amides is 1. The third-order valence-electron chi connectivity index (χ3n) is 12.7. The average molecular weight is 965 g/mol. The highest BCUT2D eigenvalue weighted by molar-refractivity contribution is 7.93. The molecule has 0 bridgehead atoms. The summed E-state index contributed by atoms with van der Waals surface area (Å²) in [5, 5.41) is 9.41. The Labute approximate surface area is 374 Å². The molecule has 3 aliphatic carbocycles. The van der Waals surface area contributed by atoms with Crippen LogP contribution in [0.15, 0.2) is 53.3 Å². The number of ether oxygens (including phenoxy) is 1. The van der Waals surface area contributed by atoms with E-state index >= 15 is 13.6 Å². The molecule has 3 aromatic carbocycles. The van der Waals surface area contributed by atoms with Gasteiger partial charge < -0.3 is 10.1 Å². The minimum absolute atomic E-state index is 0.0125. The van der Waals surface area contributed by atoms with E-state index in [9.17, 15) is 39.6 Å². The number of hydrogen-bond donors (Lipinski definition) is 2. The summed E-state index contributed by atoms with van der Waals surface area (Å²) in [5.41, 5.74) is -2.64. The van der Waals surface area contributed by atoms with Gasteiger partial charge in [-0.15, -0.1) is 0 Å². The standard InChI is InChI=1S/C43H37ClF8N8O5S/c44-28-5-6-31(37-35(28)40(56-58(37)17-32(47)48)57-66(63,64)24-2-3-24)60-41(54-29-14-21(1-4-25(29)42(60)62)20-7-9-65-10-8-20)30(13-19-11-22(45)15-23(46)12-19)53-33(61)18-59-38-34(36(55-59)39(49)50)26-16-27(26)43(38,51)52/h1,4-6,11-12,14-15,20,24,26-27,30,32,39H,2-3,7-10,13,16-18H2,(H,53,61)(H,56,57)/t26?,27?,30-/m0/s1. The van der Waals surface area contributed by atoms with Crippen molar-refractivity contribution in [3.8, 4) is 5.69 Å². The minimum Gasteiger partial charge on any atom is -0.381 e. The smallest absolute Gasteiger partial charge is 0.293 e. The quantitative estimate of drug-likeness (QED) is 0.104. The molecule has 3 atom stereocenters. The average Bonchev–Trinajstić information content (AvgIpc) is 4.18. The first-order valence-corrected chi connectivity index (χ1v) is 23.0. The Hall–Kier alpha value is -5.61. The number of hydrogen-bond acceptors (Lipinski definition) is 8. The molecule has 4 heterocycles. The number of aromatic nitrogens is 6. The van der Waals surface area contributed by atoms with Gasteiger partial charge in [0.2, 0.25) is 15.9 Å². The van der Waals surface area contributed by atoms with Crippen molar-refractivity contribution in [1.29, 1.82) is 0 Å². The number of halogens is 9. The summed E-state index contributed by atoms with van der Waals surface area (Å²) < 4.78 is 154. The van der Waals surface area contributed by atoms with E-state index in [1.807, 2.05) is 0 Å². The van der Waals surface area contributed by atoms with Gasteiger partial charge in [-0.2, -0.15) is 19.0 Å². The van der Waals surface area contributed by atoms with E-state index in [0.717, 1.165) is 26.9 Å². The van der Waals surface area contributed by atoms with Crippen molar-refractivity contribution >= 4 is 55.2 Å². The van der Waals surface area contributed by atoms with Crippen LogP contribution in [0.1, 0.15) is 90.3 Å². The maximum atomic E-state index is 15.6. The second-order valence-electron chi connectivity index (χ2n) is 17.1. The zero-order chi connectivity index (χ0) is 46.6. The van der Waals surface area contributed by atoms with Crippen LogP contribution in [0.5, 0.6) is 0 Å². The molecule has 1 amide bonds. The maximum Gasteiger partial charge on any atom is 0.293 e. The van der Waals surface area contributed by atoms with Gasteiger partial charge in [-0.1, -0.05) is 17.7 Å². The topological polar surface area (TPSA) is 155 Å². The number of sulfonamides is 1. The molecule has 0 spiro atoms. The third-order valence-corrected chi connectivity index (χ3v) is 14.8. The summed E-state index contributed by atoms with van der Waals surface area (Å²) in [5.74, 6) is -9.66. The highest BCUT2D eigenvalue weighted by Gasteiger charge is 2.67. The van der Waals surface area contributed by atoms with Gasteiger partial charge in [0.25, 0.3) is 24.3 Å². The molecule has 3 fully saturated rings. The molecule has 4 aliphatic rings. The van der Waals surface area contributed by atoms with Crippen LogP contribution in [0.4, 0.5) is 40.9 Å². The lowest BCUT2D eigenvalue weighted by molar-refractivity contribution is -0.123. The number of fused-ring (bicyclic) bond motifs is 5. The van der Waals surface area contributed by atoms with Crippen LogP contribution < -0.4 is 15.6 Å². The second-order valence-corrected chi connectivity index (χ2v) is 19.5. The molecular weight excluding hydrogens is 928 g/mol. The summed E-state index contributed by atoms with van der Waals surface area (Å²) in [4.78, 5) is 34.3. The van der Waals surface area contributed by atoms with E-state index in [1.54, 1.807) is 12.1 Å². The largest absolute Gasteiger partial charge is 0.381 e. The lowest BCUT2D eigenvalue weighted by atomic mass is 9.91. The van der Waals surface area contributed by atoms with Gasteiger partial charge >= 0.3 is 0 Å². The van der Waals surface area contributed by atoms with Crippen LogP contribution in [0.3, 0.4) is 0 Å². The Bertz CT molecular complexity index is 3110. The zero-order valence-electron chi connectivity index (χ0n) is 34.3. The first-order valence-electron chi connectivity index (χ1n) is 21.0. The van der Waals surface area contributed by atoms with Crippen molar-refractivity contribution < 1.29 is 53.1 Å². The molecule has 2 N–H and O–H groups in total. The second kappa shape index (κ2) is 16.3. The molecule has 23 heteroatoms. The molecule has 6 aromatic rings. The number of alkyl halides is 6. The van der Waals surface area contributed by atoms with Gasteiger partial charge in [-0.05, 0) is 91.5 Å². The van der Waals surface area contributed by atoms with Crippen LogP contribution >= 0.6 is 11.6 Å². The van der Waals surface area contributed by atoms with E-state index < -0.39 is 112 Å². The Morgan fingerprint density at radius 1 is 0.955 bits per heavy atom. The fraction of sp³-hybridized carbons (Fsp3) is 0.419. The predicted molar refractivity (Wildman–Crippen MR) is 223 cm³/mol. The lowest BCUT2D eigenvalue weighted by Gasteiger charge is -2.25. The van der Waals surface area contributed by atoms with Crippen LogP contribution in [0.25, 0.3) is 27.5 Å². The van der Waals surface area contributed by atoms with Gasteiger partial charge in [-0.25, -0.2) is 39.7 Å². The van der Waals surface area contributed by atoms with Gasteiger partial charge in [-0.3, -0.25) is 28.2 Å². The number of carbonyl (C=O) groups is 1. The van der Waals surface area contributed by atoms with E-state index in [-0.39, 0.29) is 61.8 Å². The zero-order valence-corrected chi connectivity index (χ0v) is 35.8. The van der Waals surface area contributed by atoms with Gasteiger partial charge in [0, 0.05) is 37.2 Å². The minimum atomic E-state index is -4.07. The molecule has 2 saturated carbocycles. The molecule has 66 heavy (non-hydrogen) atoms. The fourth-order valence-electron chi connectivity index (χ4n) is 9.47. The van der Waals surface area contributed by atoms with Crippen molar-refractivity contribution in [3.05, 3.63) is 109 Å². The number of nitrogens with zero attached hydrogens (tertiary/aromatic N) is 6. The van der Waals surface area contributed by atoms with Crippen LogP contribution in [0.2, 0.25) is 5.02 Å². The number of rotatable bonds is 14. The number of carbonyl (C=O) groups excluding carboxylic acids is 1. The fourth-order valence-corrected chi connectivity index (χ4v) is 11.0. The van der Waals surface area contributed by atoms with Crippen molar-refractivity contribution in [2.75, 3.05) is 17.9 Å².